The fourth-order valence-electron chi connectivity index (χ4n) is 5.08. The highest BCUT2D eigenvalue weighted by Gasteiger charge is 2.73. The van der Waals surface area contributed by atoms with Crippen molar-refractivity contribution in [3.8, 4) is 5.75 Å². The van der Waals surface area contributed by atoms with Gasteiger partial charge in [-0.25, -0.2) is 9.59 Å². The maximum absolute atomic E-state index is 15.4. The maximum Gasteiger partial charge on any atom is 0.417 e. The van der Waals surface area contributed by atoms with Gasteiger partial charge in [-0.3, -0.25) is 9.80 Å². The van der Waals surface area contributed by atoms with Gasteiger partial charge in [0, 0.05) is 16.8 Å². The van der Waals surface area contributed by atoms with Crippen molar-refractivity contribution in [2.24, 2.45) is 0 Å². The Hall–Kier alpha value is -3.92. The number of carbonyl (C=O) groups is 2. The van der Waals surface area contributed by atoms with E-state index in [0.29, 0.717) is 16.2 Å². The lowest BCUT2D eigenvalue weighted by Gasteiger charge is -2.49. The van der Waals surface area contributed by atoms with Gasteiger partial charge in [0.05, 0.1) is 44.2 Å². The average molecular weight is 533 g/mol. The zero-order chi connectivity index (χ0) is 26.5. The van der Waals surface area contributed by atoms with Crippen LogP contribution in [0.25, 0.3) is 0 Å². The number of hydrogen-bond acceptors (Lipinski definition) is 5. The summed E-state index contributed by atoms with van der Waals surface area (Å²) in [6.45, 7) is -0.0469. The van der Waals surface area contributed by atoms with E-state index in [1.807, 2.05) is 0 Å². The molecule has 2 aliphatic heterocycles. The predicted molar refractivity (Wildman–Crippen MR) is 127 cm³/mol. The number of hydrogen-bond donors (Lipinski definition) is 0. The summed E-state index contributed by atoms with van der Waals surface area (Å²) in [5.74, 6) is -2.32. The van der Waals surface area contributed by atoms with Crippen molar-refractivity contribution < 1.29 is 36.7 Å². The maximum atomic E-state index is 15.4. The second-order valence-corrected chi connectivity index (χ2v) is 8.97. The van der Waals surface area contributed by atoms with E-state index < -0.39 is 29.6 Å². The van der Waals surface area contributed by atoms with E-state index in [0.717, 1.165) is 13.3 Å². The van der Waals surface area contributed by atoms with Crippen molar-refractivity contribution in [2.45, 2.75) is 24.2 Å². The summed E-state index contributed by atoms with van der Waals surface area (Å²) in [5.41, 5.74) is -3.02. The summed E-state index contributed by atoms with van der Waals surface area (Å²) in [4.78, 5) is 28.4. The summed E-state index contributed by atoms with van der Waals surface area (Å²) in [7, 11) is 2.57. The second-order valence-electron chi connectivity index (χ2n) is 8.54. The molecule has 7 nitrogen and oxygen atoms in total. The first-order chi connectivity index (χ1) is 17.6. The largest absolute Gasteiger partial charge is 0.497 e. The van der Waals surface area contributed by atoms with Crippen LogP contribution in [0.4, 0.5) is 23.7 Å². The molecule has 3 aromatic rings. The van der Waals surface area contributed by atoms with Crippen LogP contribution in [0, 0.1) is 0 Å². The number of furan rings is 1. The molecule has 0 spiro atoms. The first-order valence-electron chi connectivity index (χ1n) is 11.1. The molecule has 0 fully saturated rings. The molecular formula is C26H20ClF3N2O5. The number of carbonyl (C=O) groups excluding carboxylic acids is 2. The molecule has 2 aromatic carbocycles. The molecule has 0 saturated heterocycles. The number of amides is 2. The van der Waals surface area contributed by atoms with Gasteiger partial charge in [0.15, 0.2) is 5.54 Å². The molecule has 0 unspecified atom stereocenters. The van der Waals surface area contributed by atoms with Gasteiger partial charge < -0.3 is 13.9 Å². The van der Waals surface area contributed by atoms with Crippen LogP contribution in [0.2, 0.25) is 5.02 Å². The molecule has 3 heterocycles. The SMILES string of the molecule is COC(=O)C1=CN2C(=O)N(Cc3ccc(OC)cc3)c3ccc(Cl)cc3[C@]2(C(F)(F)F)[C@@H]1c1ccco1. The van der Waals surface area contributed by atoms with Crippen LogP contribution >= 0.6 is 11.6 Å². The first kappa shape index (κ1) is 24.8. The second kappa shape index (κ2) is 8.88. The number of esters is 1. The Labute approximate surface area is 214 Å². The van der Waals surface area contributed by atoms with Gasteiger partial charge in [-0.1, -0.05) is 23.7 Å². The van der Waals surface area contributed by atoms with Crippen LogP contribution in [0.15, 0.2) is 77.1 Å². The third-order valence-electron chi connectivity index (χ3n) is 6.65. The standard InChI is InChI=1S/C26H20ClF3N2O5/c1-35-17-8-5-15(6-9-17)13-31-20-10-7-16(27)12-19(20)25(26(28,29)30)22(21-4-3-11-37-21)18(23(33)36-2)14-32(25)24(31)34/h3-12,14,22H,13H2,1-2H3/t22-,25+/m0/s1. The van der Waals surface area contributed by atoms with Gasteiger partial charge in [0.1, 0.15) is 11.5 Å². The van der Waals surface area contributed by atoms with Gasteiger partial charge in [0.25, 0.3) is 0 Å². The Morgan fingerprint density at radius 1 is 1.14 bits per heavy atom. The summed E-state index contributed by atoms with van der Waals surface area (Å²) in [5, 5.41) is 0.0331. The lowest BCUT2D eigenvalue weighted by atomic mass is 9.72. The molecule has 2 aliphatic rings. The number of benzene rings is 2. The number of nitrogens with zero attached hydrogens (tertiary/aromatic N) is 2. The number of alkyl halides is 3. The van der Waals surface area contributed by atoms with Crippen molar-refractivity contribution in [3.05, 3.63) is 94.5 Å². The number of methoxy groups -OCH3 is 2. The van der Waals surface area contributed by atoms with Gasteiger partial charge in [0.2, 0.25) is 0 Å². The number of fused-ring (bicyclic) bond motifs is 3. The van der Waals surface area contributed by atoms with Gasteiger partial charge in [-0.15, -0.1) is 0 Å². The lowest BCUT2D eigenvalue weighted by molar-refractivity contribution is -0.224. The Kier molecular flexibility index (Phi) is 5.94. The number of ether oxygens (including phenoxy) is 2. The molecule has 2 atom stereocenters. The topological polar surface area (TPSA) is 72.2 Å². The van der Waals surface area contributed by atoms with E-state index >= 15 is 13.2 Å². The van der Waals surface area contributed by atoms with Crippen LogP contribution in [0.1, 0.15) is 22.8 Å². The number of anilines is 1. The van der Waals surface area contributed by atoms with Crippen molar-refractivity contribution in [2.75, 3.05) is 19.1 Å². The summed E-state index contributed by atoms with van der Waals surface area (Å²) in [6, 6.07) is 12.5. The molecule has 192 valence electrons. The van der Waals surface area contributed by atoms with Crippen LogP contribution in [-0.2, 0) is 21.6 Å². The van der Waals surface area contributed by atoms with Crippen molar-refractivity contribution in [1.82, 2.24) is 4.90 Å². The zero-order valence-corrected chi connectivity index (χ0v) is 20.3. The Balaban J connectivity index is 1.77. The molecule has 0 radical (unpaired) electrons. The van der Waals surface area contributed by atoms with E-state index in [2.05, 4.69) is 0 Å². The van der Waals surface area contributed by atoms with E-state index in [4.69, 9.17) is 25.5 Å². The van der Waals surface area contributed by atoms with Gasteiger partial charge in [-0.05, 0) is 48.0 Å². The Bertz CT molecular complexity index is 1390. The number of halogens is 4. The van der Waals surface area contributed by atoms with Crippen LogP contribution in [0.5, 0.6) is 5.75 Å². The Morgan fingerprint density at radius 3 is 2.46 bits per heavy atom. The molecule has 0 aliphatic carbocycles. The van der Waals surface area contributed by atoms with Crippen molar-refractivity contribution >= 4 is 29.3 Å². The minimum absolute atomic E-state index is 0.00913. The van der Waals surface area contributed by atoms with E-state index in [9.17, 15) is 9.59 Å². The molecule has 11 heteroatoms. The minimum atomic E-state index is -5.06. The molecule has 0 saturated carbocycles. The molecule has 2 amide bonds. The quantitative estimate of drug-likeness (QED) is 0.377. The van der Waals surface area contributed by atoms with E-state index in [-0.39, 0.29) is 34.2 Å². The fraction of sp³-hybridized carbons (Fsp3) is 0.231. The predicted octanol–water partition coefficient (Wildman–Crippen LogP) is 6.00. The monoisotopic (exact) mass is 532 g/mol. The fourth-order valence-corrected chi connectivity index (χ4v) is 5.25. The molecule has 0 N–H and O–H groups in total. The highest BCUT2D eigenvalue weighted by molar-refractivity contribution is 6.30. The smallest absolute Gasteiger partial charge is 0.417 e. The highest BCUT2D eigenvalue weighted by Crippen LogP contribution is 2.63. The van der Waals surface area contributed by atoms with Gasteiger partial charge >= 0.3 is 18.2 Å². The molecular weight excluding hydrogens is 513 g/mol. The van der Waals surface area contributed by atoms with Crippen LogP contribution in [0.3, 0.4) is 0 Å². The first-order valence-corrected chi connectivity index (χ1v) is 11.4. The number of rotatable bonds is 5. The lowest BCUT2D eigenvalue weighted by Crippen LogP contribution is -2.63. The number of urea groups is 1. The van der Waals surface area contributed by atoms with E-state index in [1.165, 1.54) is 48.6 Å². The summed E-state index contributed by atoms with van der Waals surface area (Å²) < 4.78 is 61.5. The summed E-state index contributed by atoms with van der Waals surface area (Å²) >= 11 is 6.22. The zero-order valence-electron chi connectivity index (χ0n) is 19.6. The van der Waals surface area contributed by atoms with Crippen molar-refractivity contribution in [3.63, 3.8) is 0 Å². The molecule has 0 bridgehead atoms. The van der Waals surface area contributed by atoms with Crippen LogP contribution in [-0.4, -0.2) is 37.3 Å². The average Bonchev–Trinajstić information content (AvgIpc) is 3.53. The highest BCUT2D eigenvalue weighted by atomic mass is 35.5. The minimum Gasteiger partial charge on any atom is -0.497 e. The third-order valence-corrected chi connectivity index (χ3v) is 6.89. The molecule has 37 heavy (non-hydrogen) atoms. The van der Waals surface area contributed by atoms with Gasteiger partial charge in [-0.2, -0.15) is 13.2 Å². The van der Waals surface area contributed by atoms with E-state index in [1.54, 1.807) is 24.3 Å². The Morgan fingerprint density at radius 2 is 1.86 bits per heavy atom. The summed E-state index contributed by atoms with van der Waals surface area (Å²) in [6.07, 6.45) is -2.95. The third kappa shape index (κ3) is 3.66. The molecule has 5 rings (SSSR count). The normalized spacial score (nSPS) is 20.9. The van der Waals surface area contributed by atoms with Crippen LogP contribution < -0.4 is 9.64 Å². The molecule has 1 aromatic heterocycles. The van der Waals surface area contributed by atoms with Crippen molar-refractivity contribution in [1.29, 1.82) is 0 Å².